The summed E-state index contributed by atoms with van der Waals surface area (Å²) in [7, 11) is 0. The number of oxime groups is 1. The van der Waals surface area contributed by atoms with Gasteiger partial charge in [-0.25, -0.2) is 4.98 Å². The first-order chi connectivity index (χ1) is 8.93. The van der Waals surface area contributed by atoms with Crippen molar-refractivity contribution in [2.75, 3.05) is 18.0 Å². The molecule has 0 spiro atoms. The van der Waals surface area contributed by atoms with E-state index in [2.05, 4.69) is 10.1 Å². The summed E-state index contributed by atoms with van der Waals surface area (Å²) >= 11 is 0. The number of rotatable bonds is 2. The third-order valence-electron chi connectivity index (χ3n) is 3.37. The molecule has 1 aromatic heterocycles. The normalized spacial score (nSPS) is 24.6. The maximum Gasteiger partial charge on any atom is 0.173 e. The molecule has 0 bridgehead atoms. The number of piperidine rings is 1. The molecule has 6 nitrogen and oxygen atoms in total. The molecular formula is C13H20N4O2. The molecule has 0 aliphatic carbocycles. The highest BCUT2D eigenvalue weighted by Crippen LogP contribution is 2.27. The number of hydrogen-bond donors (Lipinski definition) is 3. The van der Waals surface area contributed by atoms with Gasteiger partial charge in [-0.05, 0) is 38.8 Å². The van der Waals surface area contributed by atoms with E-state index in [9.17, 15) is 5.11 Å². The van der Waals surface area contributed by atoms with Gasteiger partial charge in [0.15, 0.2) is 5.84 Å². The summed E-state index contributed by atoms with van der Waals surface area (Å²) in [5.41, 5.74) is 6.41. The number of anilines is 1. The van der Waals surface area contributed by atoms with E-state index in [1.165, 1.54) is 0 Å². The van der Waals surface area contributed by atoms with Crippen LogP contribution in [0.2, 0.25) is 0 Å². The number of amidine groups is 1. The van der Waals surface area contributed by atoms with Crippen LogP contribution in [0.25, 0.3) is 0 Å². The van der Waals surface area contributed by atoms with Crippen LogP contribution in [0.1, 0.15) is 31.0 Å². The van der Waals surface area contributed by atoms with Gasteiger partial charge in [0.05, 0.1) is 11.2 Å². The van der Waals surface area contributed by atoms with E-state index in [0.717, 1.165) is 25.1 Å². The Balaban J connectivity index is 2.40. The second-order valence-corrected chi connectivity index (χ2v) is 5.33. The van der Waals surface area contributed by atoms with E-state index >= 15 is 0 Å². The van der Waals surface area contributed by atoms with Crippen LogP contribution in [0.5, 0.6) is 0 Å². The smallest absolute Gasteiger partial charge is 0.173 e. The van der Waals surface area contributed by atoms with Crippen molar-refractivity contribution in [1.29, 1.82) is 0 Å². The van der Waals surface area contributed by atoms with E-state index < -0.39 is 5.60 Å². The van der Waals surface area contributed by atoms with Crippen LogP contribution in [0.3, 0.4) is 0 Å². The Labute approximate surface area is 112 Å². The first kappa shape index (κ1) is 13.6. The molecule has 1 aromatic rings. The number of aromatic nitrogens is 1. The van der Waals surface area contributed by atoms with Crippen molar-refractivity contribution < 1.29 is 10.3 Å². The molecule has 104 valence electrons. The molecule has 0 saturated carbocycles. The van der Waals surface area contributed by atoms with Gasteiger partial charge < -0.3 is 20.9 Å². The Hall–Kier alpha value is -1.82. The number of β-amino-alcohol motifs (C(OH)–C–C–N with tert-alkyl or cyclic N) is 1. The van der Waals surface area contributed by atoms with Gasteiger partial charge in [-0.1, -0.05) is 5.16 Å². The zero-order valence-electron chi connectivity index (χ0n) is 11.3. The van der Waals surface area contributed by atoms with Crippen LogP contribution in [0.15, 0.2) is 17.3 Å². The van der Waals surface area contributed by atoms with Crippen molar-refractivity contribution in [1.82, 2.24) is 4.98 Å². The Bertz CT molecular complexity index is 499. The number of nitrogens with two attached hydrogens (primary N) is 1. The summed E-state index contributed by atoms with van der Waals surface area (Å²) in [6, 6.07) is 3.61. The Kier molecular flexibility index (Phi) is 3.61. The van der Waals surface area contributed by atoms with Crippen molar-refractivity contribution in [3.05, 3.63) is 23.4 Å². The largest absolute Gasteiger partial charge is 0.409 e. The van der Waals surface area contributed by atoms with Gasteiger partial charge >= 0.3 is 0 Å². The summed E-state index contributed by atoms with van der Waals surface area (Å²) in [6.07, 6.45) is 1.66. The van der Waals surface area contributed by atoms with Crippen LogP contribution in [-0.4, -0.2) is 39.8 Å². The second-order valence-electron chi connectivity index (χ2n) is 5.33. The maximum absolute atomic E-state index is 10.2. The molecule has 1 unspecified atom stereocenters. The standard InChI is InChI=1S/C13H20N4O2/c1-9-4-5-10(11(14)16-19)12(15-9)17-7-3-6-13(2,18)8-17/h4-5,18-19H,3,6-8H2,1-2H3,(H2,14,16). The van der Waals surface area contributed by atoms with E-state index in [0.29, 0.717) is 17.9 Å². The minimum atomic E-state index is -0.730. The third kappa shape index (κ3) is 2.96. The number of aliphatic hydroxyl groups is 1. The molecule has 1 saturated heterocycles. The van der Waals surface area contributed by atoms with Crippen molar-refractivity contribution >= 4 is 11.7 Å². The van der Waals surface area contributed by atoms with Gasteiger partial charge in [0, 0.05) is 18.8 Å². The molecule has 1 atom stereocenters. The second kappa shape index (κ2) is 5.05. The lowest BCUT2D eigenvalue weighted by Gasteiger charge is -2.38. The van der Waals surface area contributed by atoms with Crippen LogP contribution in [-0.2, 0) is 0 Å². The van der Waals surface area contributed by atoms with Crippen molar-refractivity contribution in [2.45, 2.75) is 32.3 Å². The first-order valence-corrected chi connectivity index (χ1v) is 6.36. The lowest BCUT2D eigenvalue weighted by molar-refractivity contribution is 0.0447. The molecule has 0 aromatic carbocycles. The minimum absolute atomic E-state index is 0.0349. The average molecular weight is 264 g/mol. The number of aryl methyl sites for hydroxylation is 1. The van der Waals surface area contributed by atoms with E-state index in [1.54, 1.807) is 6.07 Å². The quantitative estimate of drug-likeness (QED) is 0.318. The molecule has 2 heterocycles. The average Bonchev–Trinajstić information content (AvgIpc) is 2.36. The highest BCUT2D eigenvalue weighted by atomic mass is 16.4. The van der Waals surface area contributed by atoms with Crippen LogP contribution in [0, 0.1) is 6.92 Å². The lowest BCUT2D eigenvalue weighted by Crippen LogP contribution is -2.47. The number of nitrogens with zero attached hydrogens (tertiary/aromatic N) is 3. The van der Waals surface area contributed by atoms with Gasteiger partial charge in [-0.15, -0.1) is 0 Å². The van der Waals surface area contributed by atoms with Gasteiger partial charge in [-0.3, -0.25) is 0 Å². The highest BCUT2D eigenvalue weighted by Gasteiger charge is 2.30. The Morgan fingerprint density at radius 1 is 1.53 bits per heavy atom. The van der Waals surface area contributed by atoms with Gasteiger partial charge in [0.25, 0.3) is 0 Å². The summed E-state index contributed by atoms with van der Waals surface area (Å²) in [5, 5.41) is 22.1. The predicted octanol–water partition coefficient (Wildman–Crippen LogP) is 0.836. The van der Waals surface area contributed by atoms with E-state index in [1.807, 2.05) is 24.8 Å². The highest BCUT2D eigenvalue weighted by molar-refractivity contribution is 6.01. The fourth-order valence-electron chi connectivity index (χ4n) is 2.44. The van der Waals surface area contributed by atoms with E-state index in [4.69, 9.17) is 10.9 Å². The Morgan fingerprint density at radius 3 is 2.89 bits per heavy atom. The van der Waals surface area contributed by atoms with Crippen LogP contribution in [0.4, 0.5) is 5.82 Å². The van der Waals surface area contributed by atoms with Gasteiger partial charge in [-0.2, -0.15) is 0 Å². The van der Waals surface area contributed by atoms with Crippen LogP contribution < -0.4 is 10.6 Å². The molecule has 1 aliphatic heterocycles. The fraction of sp³-hybridized carbons (Fsp3) is 0.538. The molecule has 0 amide bonds. The zero-order valence-corrected chi connectivity index (χ0v) is 11.3. The summed E-state index contributed by atoms with van der Waals surface area (Å²) in [6.45, 7) is 5.01. The first-order valence-electron chi connectivity index (χ1n) is 6.36. The molecular weight excluding hydrogens is 244 g/mol. The lowest BCUT2D eigenvalue weighted by atomic mass is 9.95. The molecule has 19 heavy (non-hydrogen) atoms. The topological polar surface area (TPSA) is 95.0 Å². The van der Waals surface area contributed by atoms with Gasteiger partial charge in [0.2, 0.25) is 0 Å². The SMILES string of the molecule is Cc1ccc(/C(N)=N/O)c(N2CCCC(C)(O)C2)n1. The maximum atomic E-state index is 10.2. The van der Waals surface area contributed by atoms with Crippen molar-refractivity contribution in [3.63, 3.8) is 0 Å². The Morgan fingerprint density at radius 2 is 2.26 bits per heavy atom. The number of pyridine rings is 1. The third-order valence-corrected chi connectivity index (χ3v) is 3.37. The number of hydrogen-bond acceptors (Lipinski definition) is 5. The van der Waals surface area contributed by atoms with Crippen LogP contribution >= 0.6 is 0 Å². The van der Waals surface area contributed by atoms with Crippen molar-refractivity contribution in [3.8, 4) is 0 Å². The summed E-state index contributed by atoms with van der Waals surface area (Å²) in [5.74, 6) is 0.697. The molecule has 2 rings (SSSR count). The fourth-order valence-corrected chi connectivity index (χ4v) is 2.44. The van der Waals surface area contributed by atoms with E-state index in [-0.39, 0.29) is 5.84 Å². The summed E-state index contributed by atoms with van der Waals surface area (Å²) in [4.78, 5) is 6.46. The molecule has 1 fully saturated rings. The predicted molar refractivity (Wildman–Crippen MR) is 73.6 cm³/mol. The molecule has 0 radical (unpaired) electrons. The monoisotopic (exact) mass is 264 g/mol. The molecule has 1 aliphatic rings. The van der Waals surface area contributed by atoms with Gasteiger partial charge in [0.1, 0.15) is 5.82 Å². The molecule has 4 N–H and O–H groups in total. The summed E-state index contributed by atoms with van der Waals surface area (Å²) < 4.78 is 0. The molecule has 6 heteroatoms. The van der Waals surface area contributed by atoms with Crippen molar-refractivity contribution in [2.24, 2.45) is 10.9 Å². The minimum Gasteiger partial charge on any atom is -0.409 e. The zero-order chi connectivity index (χ0) is 14.0.